The third-order valence-corrected chi connectivity index (χ3v) is 1.93. The molecule has 0 bridgehead atoms. The standard InChI is InChI=1S/C11H18O2/c1-5-7-9-10(8-6-2)13-11(3,4)12-9/h5-10H,1-4H3/b7-5-,8-6-/t9-,10-/m0/s1. The van der Waals surface area contributed by atoms with Crippen molar-refractivity contribution in [1.82, 2.24) is 0 Å². The molecular weight excluding hydrogens is 164 g/mol. The first-order valence-corrected chi connectivity index (χ1v) is 4.70. The van der Waals surface area contributed by atoms with Crippen molar-refractivity contribution >= 4 is 0 Å². The van der Waals surface area contributed by atoms with E-state index in [9.17, 15) is 0 Å². The maximum Gasteiger partial charge on any atom is 0.164 e. The van der Waals surface area contributed by atoms with Gasteiger partial charge in [0.05, 0.1) is 0 Å². The molecule has 2 nitrogen and oxygen atoms in total. The molecule has 1 rings (SSSR count). The highest BCUT2D eigenvalue weighted by Crippen LogP contribution is 2.29. The fraction of sp³-hybridized carbons (Fsp3) is 0.636. The molecule has 1 saturated heterocycles. The van der Waals surface area contributed by atoms with E-state index in [0.717, 1.165) is 0 Å². The van der Waals surface area contributed by atoms with E-state index in [1.54, 1.807) is 0 Å². The summed E-state index contributed by atoms with van der Waals surface area (Å²) in [4.78, 5) is 0. The number of hydrogen-bond acceptors (Lipinski definition) is 2. The van der Waals surface area contributed by atoms with Gasteiger partial charge in [-0.05, 0) is 27.7 Å². The zero-order valence-corrected chi connectivity index (χ0v) is 8.78. The minimum Gasteiger partial charge on any atom is -0.340 e. The molecule has 1 heterocycles. The summed E-state index contributed by atoms with van der Waals surface area (Å²) in [5.74, 6) is -0.464. The molecule has 1 aliphatic rings. The predicted molar refractivity (Wildman–Crippen MR) is 53.5 cm³/mol. The summed E-state index contributed by atoms with van der Waals surface area (Å²) in [5, 5.41) is 0. The number of hydrogen-bond donors (Lipinski definition) is 0. The van der Waals surface area contributed by atoms with Crippen LogP contribution in [-0.2, 0) is 9.47 Å². The van der Waals surface area contributed by atoms with Gasteiger partial charge in [0.15, 0.2) is 5.79 Å². The number of ether oxygens (including phenoxy) is 2. The minimum absolute atomic E-state index is 0.0520. The first kappa shape index (κ1) is 10.5. The van der Waals surface area contributed by atoms with Crippen molar-refractivity contribution in [2.45, 2.75) is 45.7 Å². The smallest absolute Gasteiger partial charge is 0.164 e. The van der Waals surface area contributed by atoms with Gasteiger partial charge in [0.2, 0.25) is 0 Å². The van der Waals surface area contributed by atoms with Gasteiger partial charge < -0.3 is 9.47 Å². The Morgan fingerprint density at radius 2 is 1.31 bits per heavy atom. The van der Waals surface area contributed by atoms with Crippen molar-refractivity contribution in [3.8, 4) is 0 Å². The molecule has 13 heavy (non-hydrogen) atoms. The third-order valence-electron chi connectivity index (χ3n) is 1.93. The van der Waals surface area contributed by atoms with Gasteiger partial charge in [-0.25, -0.2) is 0 Å². The van der Waals surface area contributed by atoms with E-state index in [1.807, 2.05) is 52.0 Å². The summed E-state index contributed by atoms with van der Waals surface area (Å²) in [5.41, 5.74) is 0. The second kappa shape index (κ2) is 4.07. The van der Waals surface area contributed by atoms with Gasteiger partial charge in [0.25, 0.3) is 0 Å². The van der Waals surface area contributed by atoms with Crippen molar-refractivity contribution in [2.75, 3.05) is 0 Å². The average molecular weight is 182 g/mol. The number of allylic oxidation sites excluding steroid dienone is 2. The highest BCUT2D eigenvalue weighted by molar-refractivity contribution is 5.04. The topological polar surface area (TPSA) is 18.5 Å². The Kier molecular flexibility index (Phi) is 3.28. The molecule has 0 saturated carbocycles. The first-order chi connectivity index (χ1) is 6.09. The summed E-state index contributed by atoms with van der Waals surface area (Å²) in [6, 6.07) is 0. The largest absolute Gasteiger partial charge is 0.340 e. The minimum atomic E-state index is -0.464. The Morgan fingerprint density at radius 1 is 0.923 bits per heavy atom. The maximum absolute atomic E-state index is 5.69. The zero-order valence-electron chi connectivity index (χ0n) is 8.78. The molecule has 0 aliphatic carbocycles. The van der Waals surface area contributed by atoms with Crippen LogP contribution in [0.3, 0.4) is 0 Å². The van der Waals surface area contributed by atoms with Crippen LogP contribution in [0.15, 0.2) is 24.3 Å². The lowest BCUT2D eigenvalue weighted by molar-refractivity contribution is -0.139. The highest BCUT2D eigenvalue weighted by atomic mass is 16.7. The summed E-state index contributed by atoms with van der Waals surface area (Å²) >= 11 is 0. The molecular formula is C11H18O2. The van der Waals surface area contributed by atoms with Gasteiger partial charge in [0, 0.05) is 0 Å². The lowest BCUT2D eigenvalue weighted by atomic mass is 10.2. The van der Waals surface area contributed by atoms with E-state index in [4.69, 9.17) is 9.47 Å². The summed E-state index contributed by atoms with van der Waals surface area (Å²) < 4.78 is 11.4. The van der Waals surface area contributed by atoms with Gasteiger partial charge >= 0.3 is 0 Å². The van der Waals surface area contributed by atoms with Gasteiger partial charge in [-0.15, -0.1) is 0 Å². The summed E-state index contributed by atoms with van der Waals surface area (Å²) in [6.45, 7) is 7.85. The predicted octanol–water partition coefficient (Wildman–Crippen LogP) is 2.66. The van der Waals surface area contributed by atoms with Crippen molar-refractivity contribution in [2.24, 2.45) is 0 Å². The molecule has 0 unspecified atom stereocenters. The van der Waals surface area contributed by atoms with Crippen molar-refractivity contribution in [3.63, 3.8) is 0 Å². The van der Waals surface area contributed by atoms with Crippen LogP contribution in [0.5, 0.6) is 0 Å². The average Bonchev–Trinajstić information content (AvgIpc) is 2.28. The Morgan fingerprint density at radius 3 is 1.62 bits per heavy atom. The van der Waals surface area contributed by atoms with Crippen LogP contribution >= 0.6 is 0 Å². The van der Waals surface area contributed by atoms with E-state index >= 15 is 0 Å². The number of rotatable bonds is 2. The lowest BCUT2D eigenvalue weighted by Gasteiger charge is -2.15. The second-order valence-corrected chi connectivity index (χ2v) is 3.62. The second-order valence-electron chi connectivity index (χ2n) is 3.62. The molecule has 0 aromatic carbocycles. The first-order valence-electron chi connectivity index (χ1n) is 4.70. The van der Waals surface area contributed by atoms with Crippen LogP contribution in [0.1, 0.15) is 27.7 Å². The third kappa shape index (κ3) is 2.68. The van der Waals surface area contributed by atoms with Crippen LogP contribution in [0.2, 0.25) is 0 Å². The van der Waals surface area contributed by atoms with Gasteiger partial charge in [-0.3, -0.25) is 0 Å². The molecule has 0 amide bonds. The SMILES string of the molecule is C/C=C\[C@@H]1OC(C)(C)O[C@H]1/C=C\C. The summed E-state index contributed by atoms with van der Waals surface area (Å²) in [6.07, 6.45) is 8.14. The molecule has 74 valence electrons. The molecule has 2 atom stereocenters. The highest BCUT2D eigenvalue weighted by Gasteiger charge is 2.38. The van der Waals surface area contributed by atoms with Crippen LogP contribution in [0.4, 0.5) is 0 Å². The van der Waals surface area contributed by atoms with Gasteiger partial charge in [-0.2, -0.15) is 0 Å². The van der Waals surface area contributed by atoms with Gasteiger partial charge in [-0.1, -0.05) is 24.3 Å². The molecule has 1 fully saturated rings. The van der Waals surface area contributed by atoms with Crippen LogP contribution < -0.4 is 0 Å². The van der Waals surface area contributed by atoms with Gasteiger partial charge in [0.1, 0.15) is 12.2 Å². The molecule has 0 N–H and O–H groups in total. The van der Waals surface area contributed by atoms with E-state index < -0.39 is 5.79 Å². The molecule has 0 radical (unpaired) electrons. The fourth-order valence-electron chi connectivity index (χ4n) is 1.49. The van der Waals surface area contributed by atoms with Crippen molar-refractivity contribution in [3.05, 3.63) is 24.3 Å². The molecule has 2 heteroatoms. The molecule has 0 aromatic rings. The zero-order chi connectivity index (χ0) is 9.90. The Bertz CT molecular complexity index is 194. The van der Waals surface area contributed by atoms with E-state index in [2.05, 4.69) is 0 Å². The Hall–Kier alpha value is -0.600. The van der Waals surface area contributed by atoms with Crippen LogP contribution in [-0.4, -0.2) is 18.0 Å². The Balaban J connectivity index is 2.71. The van der Waals surface area contributed by atoms with Crippen molar-refractivity contribution in [1.29, 1.82) is 0 Å². The van der Waals surface area contributed by atoms with Crippen LogP contribution in [0.25, 0.3) is 0 Å². The van der Waals surface area contributed by atoms with Crippen molar-refractivity contribution < 1.29 is 9.47 Å². The molecule has 0 spiro atoms. The Labute approximate surface area is 80.2 Å². The summed E-state index contributed by atoms with van der Waals surface area (Å²) in [7, 11) is 0. The maximum atomic E-state index is 5.69. The lowest BCUT2D eigenvalue weighted by Crippen LogP contribution is -2.20. The molecule has 0 aromatic heterocycles. The van der Waals surface area contributed by atoms with E-state index in [0.29, 0.717) is 0 Å². The monoisotopic (exact) mass is 182 g/mol. The van der Waals surface area contributed by atoms with Crippen LogP contribution in [0, 0.1) is 0 Å². The normalized spacial score (nSPS) is 33.5. The van der Waals surface area contributed by atoms with E-state index in [-0.39, 0.29) is 12.2 Å². The molecule has 1 aliphatic heterocycles. The quantitative estimate of drug-likeness (QED) is 0.611. The van der Waals surface area contributed by atoms with E-state index in [1.165, 1.54) is 0 Å². The fourth-order valence-corrected chi connectivity index (χ4v) is 1.49.